The molecule has 1 aromatic heterocycles. The second-order valence-corrected chi connectivity index (χ2v) is 7.48. The summed E-state index contributed by atoms with van der Waals surface area (Å²) < 4.78 is 11.5. The first-order valence-electron chi connectivity index (χ1n) is 8.00. The van der Waals surface area contributed by atoms with Crippen molar-refractivity contribution >= 4 is 57.0 Å². The molecule has 1 heterocycles. The van der Waals surface area contributed by atoms with Crippen LogP contribution >= 0.6 is 39.1 Å². The van der Waals surface area contributed by atoms with E-state index in [-0.39, 0.29) is 23.7 Å². The van der Waals surface area contributed by atoms with Crippen LogP contribution in [-0.2, 0) is 6.61 Å². The van der Waals surface area contributed by atoms with Gasteiger partial charge in [0.15, 0.2) is 5.69 Å². The van der Waals surface area contributed by atoms with Gasteiger partial charge in [-0.2, -0.15) is 0 Å². The van der Waals surface area contributed by atoms with Crippen LogP contribution in [0.25, 0.3) is 12.2 Å². The van der Waals surface area contributed by atoms with Gasteiger partial charge in [0.05, 0.1) is 9.40 Å². The predicted octanol–water partition coefficient (Wildman–Crippen LogP) is 6.71. The Morgan fingerprint density at radius 2 is 2.04 bits per heavy atom. The van der Waals surface area contributed by atoms with Crippen molar-refractivity contribution in [3.05, 3.63) is 83.6 Å². The second-order valence-electron chi connectivity index (χ2n) is 5.79. The number of ether oxygens (including phenoxy) is 1. The van der Waals surface area contributed by atoms with Crippen molar-refractivity contribution < 1.29 is 14.2 Å². The highest BCUT2D eigenvalue weighted by Gasteiger charge is 2.21. The Labute approximate surface area is 179 Å². The molecule has 0 aliphatic heterocycles. The normalized spacial score (nSPS) is 11.1. The van der Waals surface area contributed by atoms with Gasteiger partial charge in [-0.1, -0.05) is 46.6 Å². The summed E-state index contributed by atoms with van der Waals surface area (Å²) in [6, 6.07) is 10.6. The number of benzene rings is 2. The molecule has 0 saturated carbocycles. The fourth-order valence-corrected chi connectivity index (χ4v) is 3.39. The summed E-state index contributed by atoms with van der Waals surface area (Å²) >= 11 is 15.5. The molecule has 0 aliphatic carbocycles. The average Bonchev–Trinajstić information content (AvgIpc) is 3.01. The van der Waals surface area contributed by atoms with Crippen molar-refractivity contribution in [3.8, 4) is 5.75 Å². The van der Waals surface area contributed by atoms with Gasteiger partial charge >= 0.3 is 5.69 Å². The van der Waals surface area contributed by atoms with Crippen LogP contribution in [0.5, 0.6) is 5.75 Å². The zero-order valence-electron chi connectivity index (χ0n) is 14.5. The maximum Gasteiger partial charge on any atom is 0.338 e. The van der Waals surface area contributed by atoms with Gasteiger partial charge in [-0.15, -0.1) is 0 Å². The number of rotatable bonds is 6. The highest BCUT2D eigenvalue weighted by molar-refractivity contribution is 9.10. The molecule has 0 fully saturated rings. The van der Waals surface area contributed by atoms with Crippen LogP contribution in [0.3, 0.4) is 0 Å². The number of nitrogens with zero attached hydrogens (tertiary/aromatic N) is 2. The molecule has 2 aromatic carbocycles. The van der Waals surface area contributed by atoms with Crippen molar-refractivity contribution in [3.63, 3.8) is 0 Å². The summed E-state index contributed by atoms with van der Waals surface area (Å²) in [5.74, 6) is 0.723. The number of aryl methyl sites for hydroxylation is 1. The lowest BCUT2D eigenvalue weighted by molar-refractivity contribution is -0.386. The molecule has 144 valence electrons. The van der Waals surface area contributed by atoms with Gasteiger partial charge in [-0.05, 0) is 58.8 Å². The number of hydrogen-bond donors (Lipinski definition) is 0. The van der Waals surface area contributed by atoms with Gasteiger partial charge < -0.3 is 9.26 Å². The van der Waals surface area contributed by atoms with Gasteiger partial charge in [-0.25, -0.2) is 0 Å². The zero-order chi connectivity index (χ0) is 20.3. The maximum absolute atomic E-state index is 11.1. The van der Waals surface area contributed by atoms with Crippen molar-refractivity contribution in [2.45, 2.75) is 13.5 Å². The van der Waals surface area contributed by atoms with E-state index in [0.717, 1.165) is 15.6 Å². The number of aromatic nitrogens is 1. The fraction of sp³-hybridized carbons (Fsp3) is 0.105. The molecule has 0 saturated heterocycles. The molecule has 28 heavy (non-hydrogen) atoms. The van der Waals surface area contributed by atoms with E-state index in [1.807, 2.05) is 18.2 Å². The minimum atomic E-state index is -0.514. The van der Waals surface area contributed by atoms with E-state index in [1.54, 1.807) is 24.3 Å². The Kier molecular flexibility index (Phi) is 6.39. The highest BCUT2D eigenvalue weighted by atomic mass is 79.9. The third-order valence-corrected chi connectivity index (χ3v) is 5.03. The van der Waals surface area contributed by atoms with Crippen molar-refractivity contribution in [2.24, 2.45) is 0 Å². The Bertz CT molecular complexity index is 1070. The SMILES string of the molecule is Cc1noc(/C=C\c2ccc(OCc3ccc(Cl)cc3Cl)c(Br)c2)c1[N+](=O)[O-]. The Balaban J connectivity index is 1.73. The molecule has 3 aromatic rings. The van der Waals surface area contributed by atoms with Crippen LogP contribution < -0.4 is 4.74 Å². The average molecular weight is 484 g/mol. The van der Waals surface area contributed by atoms with Crippen LogP contribution in [0.2, 0.25) is 10.0 Å². The Morgan fingerprint density at radius 1 is 1.25 bits per heavy atom. The zero-order valence-corrected chi connectivity index (χ0v) is 17.6. The minimum Gasteiger partial charge on any atom is -0.488 e. The highest BCUT2D eigenvalue weighted by Crippen LogP contribution is 2.30. The fourth-order valence-electron chi connectivity index (χ4n) is 2.42. The first kappa shape index (κ1) is 20.4. The molecule has 0 spiro atoms. The van der Waals surface area contributed by atoms with Crippen LogP contribution in [-0.4, -0.2) is 10.1 Å². The molecule has 0 bridgehead atoms. The summed E-state index contributed by atoms with van der Waals surface area (Å²) in [5.41, 5.74) is 1.70. The lowest BCUT2D eigenvalue weighted by Gasteiger charge is -2.10. The monoisotopic (exact) mass is 482 g/mol. The lowest BCUT2D eigenvalue weighted by Crippen LogP contribution is -1.97. The van der Waals surface area contributed by atoms with Crippen LogP contribution in [0.4, 0.5) is 5.69 Å². The van der Waals surface area contributed by atoms with E-state index in [4.69, 9.17) is 32.5 Å². The molecule has 0 aliphatic rings. The van der Waals surface area contributed by atoms with E-state index < -0.39 is 4.92 Å². The van der Waals surface area contributed by atoms with Crippen molar-refractivity contribution in [1.29, 1.82) is 0 Å². The summed E-state index contributed by atoms with van der Waals surface area (Å²) in [4.78, 5) is 10.6. The standard InChI is InChI=1S/C19H13BrCl2N2O4/c1-11-19(24(25)26)18(28-23-11)7-3-12-2-6-17(15(20)8-12)27-10-13-4-5-14(21)9-16(13)22/h2-9H,10H2,1H3/b7-3-. The van der Waals surface area contributed by atoms with Crippen LogP contribution in [0, 0.1) is 17.0 Å². The predicted molar refractivity (Wildman–Crippen MR) is 112 cm³/mol. The van der Waals surface area contributed by atoms with Gasteiger partial charge in [0.1, 0.15) is 12.4 Å². The smallest absolute Gasteiger partial charge is 0.338 e. The summed E-state index contributed by atoms with van der Waals surface area (Å²) in [6.07, 6.45) is 3.20. The maximum atomic E-state index is 11.1. The van der Waals surface area contributed by atoms with Crippen LogP contribution in [0.1, 0.15) is 22.6 Å². The number of halogens is 3. The van der Waals surface area contributed by atoms with E-state index in [9.17, 15) is 10.1 Å². The summed E-state index contributed by atoms with van der Waals surface area (Å²) in [7, 11) is 0. The third kappa shape index (κ3) is 4.73. The lowest BCUT2D eigenvalue weighted by atomic mass is 10.2. The molecular weight excluding hydrogens is 471 g/mol. The van der Waals surface area contributed by atoms with Gasteiger partial charge in [0, 0.05) is 15.6 Å². The second kappa shape index (κ2) is 8.77. The molecule has 0 amide bonds. The van der Waals surface area contributed by atoms with Gasteiger partial charge in [0.2, 0.25) is 5.76 Å². The topological polar surface area (TPSA) is 78.4 Å². The first-order valence-corrected chi connectivity index (χ1v) is 9.55. The van der Waals surface area contributed by atoms with E-state index in [1.165, 1.54) is 13.0 Å². The third-order valence-electron chi connectivity index (χ3n) is 3.82. The molecule has 3 rings (SSSR count). The van der Waals surface area contributed by atoms with E-state index in [2.05, 4.69) is 21.1 Å². The van der Waals surface area contributed by atoms with Gasteiger partial charge in [-0.3, -0.25) is 10.1 Å². The largest absolute Gasteiger partial charge is 0.488 e. The molecule has 0 N–H and O–H groups in total. The molecule has 0 atom stereocenters. The minimum absolute atomic E-state index is 0.0938. The quantitative estimate of drug-likeness (QED) is 0.287. The molecule has 9 heteroatoms. The van der Waals surface area contributed by atoms with Gasteiger partial charge in [0.25, 0.3) is 0 Å². The summed E-state index contributed by atoms with van der Waals surface area (Å²) in [5, 5.41) is 15.8. The Morgan fingerprint density at radius 3 is 2.71 bits per heavy atom. The molecular formula is C19H13BrCl2N2O4. The molecule has 6 nitrogen and oxygen atoms in total. The number of hydrogen-bond acceptors (Lipinski definition) is 5. The first-order chi connectivity index (χ1) is 13.3. The summed E-state index contributed by atoms with van der Waals surface area (Å²) in [6.45, 7) is 1.81. The van der Waals surface area contributed by atoms with Crippen molar-refractivity contribution in [1.82, 2.24) is 5.16 Å². The molecule has 0 radical (unpaired) electrons. The number of nitro groups is 1. The van der Waals surface area contributed by atoms with E-state index >= 15 is 0 Å². The van der Waals surface area contributed by atoms with Crippen molar-refractivity contribution in [2.75, 3.05) is 0 Å². The van der Waals surface area contributed by atoms with E-state index in [0.29, 0.717) is 15.8 Å². The van der Waals surface area contributed by atoms with Crippen LogP contribution in [0.15, 0.2) is 45.4 Å². The molecule has 0 unspecified atom stereocenters. The Hall–Kier alpha value is -2.35.